The number of piperazine rings is 1. The van der Waals surface area contributed by atoms with E-state index in [-0.39, 0.29) is 5.92 Å². The van der Waals surface area contributed by atoms with Crippen LogP contribution in [0.2, 0.25) is 0 Å². The first-order valence-electron chi connectivity index (χ1n) is 10.6. The Morgan fingerprint density at radius 3 is 2.55 bits per heavy atom. The third kappa shape index (κ3) is 3.90. The van der Waals surface area contributed by atoms with Crippen LogP contribution in [0, 0.1) is 5.92 Å². The van der Waals surface area contributed by atoms with Crippen molar-refractivity contribution in [2.24, 2.45) is 5.92 Å². The molecule has 1 saturated carbocycles. The molecule has 0 atom stereocenters. The van der Waals surface area contributed by atoms with Crippen molar-refractivity contribution in [2.45, 2.75) is 32.2 Å². The van der Waals surface area contributed by atoms with Crippen LogP contribution >= 0.6 is 0 Å². The Balaban J connectivity index is 1.20. The number of hydrogen-bond donors (Lipinski definition) is 0. The van der Waals surface area contributed by atoms with Crippen molar-refractivity contribution >= 4 is 16.7 Å². The second-order valence-corrected chi connectivity index (χ2v) is 8.16. The zero-order chi connectivity index (χ0) is 19.6. The zero-order valence-corrected chi connectivity index (χ0v) is 16.6. The number of amides is 1. The summed E-state index contributed by atoms with van der Waals surface area (Å²) in [5, 5.41) is 6.53. The summed E-state index contributed by atoms with van der Waals surface area (Å²) in [6.45, 7) is 3.97. The lowest BCUT2D eigenvalue weighted by Gasteiger charge is -2.35. The lowest BCUT2D eigenvalue weighted by Crippen LogP contribution is -2.49. The molecule has 0 bridgehead atoms. The summed E-state index contributed by atoms with van der Waals surface area (Å²) in [5.74, 6) is 1.88. The Hall–Kier alpha value is -2.73. The van der Waals surface area contributed by atoms with Crippen molar-refractivity contribution in [1.29, 1.82) is 0 Å². The summed E-state index contributed by atoms with van der Waals surface area (Å²) >= 11 is 0. The number of aromatic nitrogens is 2. The quantitative estimate of drug-likeness (QED) is 0.679. The summed E-state index contributed by atoms with van der Waals surface area (Å²) < 4.78 is 5.52. The largest absolute Gasteiger partial charge is 0.340 e. The Morgan fingerprint density at radius 2 is 1.76 bits per heavy atom. The first-order chi connectivity index (χ1) is 14.3. The molecule has 2 aromatic carbocycles. The predicted octanol–water partition coefficient (Wildman–Crippen LogP) is 3.72. The highest BCUT2D eigenvalue weighted by Gasteiger charge is 2.29. The molecule has 2 heterocycles. The SMILES string of the molecule is O=C(C1CCCC1)N1CCN(Cc2noc(-c3ccc4ccccc4c3)n2)CC1. The molecule has 3 aromatic rings. The molecule has 0 N–H and O–H groups in total. The van der Waals surface area contributed by atoms with Gasteiger partial charge >= 0.3 is 0 Å². The summed E-state index contributed by atoms with van der Waals surface area (Å²) in [6.07, 6.45) is 4.54. The molecule has 5 rings (SSSR count). The standard InChI is InChI=1S/C23H26N4O2/c28-23(18-6-2-3-7-18)27-13-11-26(12-14-27)16-21-24-22(29-25-21)20-10-9-17-5-1-4-8-19(17)15-20/h1,4-5,8-10,15,18H,2-3,6-7,11-14,16H2. The summed E-state index contributed by atoms with van der Waals surface area (Å²) in [6, 6.07) is 14.4. The van der Waals surface area contributed by atoms with Gasteiger partial charge < -0.3 is 9.42 Å². The van der Waals surface area contributed by atoms with Gasteiger partial charge in [0.05, 0.1) is 6.54 Å². The van der Waals surface area contributed by atoms with Crippen LogP contribution in [0.15, 0.2) is 47.0 Å². The van der Waals surface area contributed by atoms with Crippen molar-refractivity contribution in [3.05, 3.63) is 48.3 Å². The molecule has 1 aliphatic heterocycles. The molecular formula is C23H26N4O2. The highest BCUT2D eigenvalue weighted by Crippen LogP contribution is 2.27. The second kappa shape index (κ2) is 7.95. The van der Waals surface area contributed by atoms with Crippen molar-refractivity contribution in [2.75, 3.05) is 26.2 Å². The average molecular weight is 390 g/mol. The fourth-order valence-electron chi connectivity index (χ4n) is 4.52. The third-order valence-electron chi connectivity index (χ3n) is 6.22. The molecule has 1 aliphatic carbocycles. The van der Waals surface area contributed by atoms with Crippen LogP contribution in [-0.4, -0.2) is 52.0 Å². The number of rotatable bonds is 4. The van der Waals surface area contributed by atoms with Crippen LogP contribution in [0.4, 0.5) is 0 Å². The van der Waals surface area contributed by atoms with Crippen molar-refractivity contribution in [3.8, 4) is 11.5 Å². The van der Waals surface area contributed by atoms with Gasteiger partial charge in [0.2, 0.25) is 5.91 Å². The van der Waals surface area contributed by atoms with E-state index in [0.717, 1.165) is 50.0 Å². The normalized spacial score (nSPS) is 18.6. The maximum Gasteiger partial charge on any atom is 0.257 e. The van der Waals surface area contributed by atoms with Crippen molar-refractivity contribution < 1.29 is 9.32 Å². The number of carbonyl (C=O) groups excluding carboxylic acids is 1. The minimum atomic E-state index is 0.267. The van der Waals surface area contributed by atoms with E-state index in [1.54, 1.807) is 0 Å². The molecule has 0 radical (unpaired) electrons. The highest BCUT2D eigenvalue weighted by molar-refractivity contribution is 5.86. The maximum atomic E-state index is 12.6. The Morgan fingerprint density at radius 1 is 1.00 bits per heavy atom. The predicted molar refractivity (Wildman–Crippen MR) is 111 cm³/mol. The first kappa shape index (κ1) is 18.3. The number of carbonyl (C=O) groups is 1. The van der Waals surface area contributed by atoms with E-state index in [9.17, 15) is 4.79 Å². The molecule has 6 nitrogen and oxygen atoms in total. The second-order valence-electron chi connectivity index (χ2n) is 8.16. The lowest BCUT2D eigenvalue weighted by atomic mass is 10.1. The van der Waals surface area contributed by atoms with Gasteiger partial charge in [-0.05, 0) is 35.7 Å². The molecule has 1 amide bonds. The molecule has 29 heavy (non-hydrogen) atoms. The van der Waals surface area contributed by atoms with E-state index in [4.69, 9.17) is 4.52 Å². The van der Waals surface area contributed by atoms with Crippen LogP contribution in [0.1, 0.15) is 31.5 Å². The van der Waals surface area contributed by atoms with Gasteiger partial charge in [0.25, 0.3) is 5.89 Å². The van der Waals surface area contributed by atoms with E-state index >= 15 is 0 Å². The van der Waals surface area contributed by atoms with Crippen molar-refractivity contribution in [1.82, 2.24) is 19.9 Å². The van der Waals surface area contributed by atoms with Crippen LogP contribution in [0.25, 0.3) is 22.2 Å². The topological polar surface area (TPSA) is 62.5 Å². The smallest absolute Gasteiger partial charge is 0.257 e. The van der Waals surface area contributed by atoms with Crippen LogP contribution in [0.3, 0.4) is 0 Å². The number of nitrogens with zero attached hydrogens (tertiary/aromatic N) is 4. The lowest BCUT2D eigenvalue weighted by molar-refractivity contribution is -0.137. The van der Waals surface area contributed by atoms with Crippen LogP contribution < -0.4 is 0 Å². The van der Waals surface area contributed by atoms with Gasteiger partial charge in [-0.25, -0.2) is 0 Å². The number of hydrogen-bond acceptors (Lipinski definition) is 5. The molecule has 2 fully saturated rings. The molecule has 1 aromatic heterocycles. The molecule has 1 saturated heterocycles. The summed E-state index contributed by atoms with van der Waals surface area (Å²) in [4.78, 5) is 21.5. The van der Waals surface area contributed by atoms with E-state index in [2.05, 4.69) is 39.3 Å². The molecule has 0 spiro atoms. The maximum absolute atomic E-state index is 12.6. The van der Waals surface area contributed by atoms with E-state index in [0.29, 0.717) is 24.2 Å². The minimum Gasteiger partial charge on any atom is -0.340 e. The minimum absolute atomic E-state index is 0.267. The molecule has 6 heteroatoms. The number of benzene rings is 2. The van der Waals surface area contributed by atoms with Gasteiger partial charge in [0.15, 0.2) is 5.82 Å². The van der Waals surface area contributed by atoms with E-state index < -0.39 is 0 Å². The molecule has 2 aliphatic rings. The molecular weight excluding hydrogens is 364 g/mol. The Bertz CT molecular complexity index is 1000. The van der Waals surface area contributed by atoms with E-state index in [1.165, 1.54) is 18.2 Å². The van der Waals surface area contributed by atoms with Crippen LogP contribution in [0.5, 0.6) is 0 Å². The Kier molecular flexibility index (Phi) is 5.02. The molecule has 150 valence electrons. The van der Waals surface area contributed by atoms with Gasteiger partial charge in [0, 0.05) is 37.7 Å². The molecule has 0 unspecified atom stereocenters. The fourth-order valence-corrected chi connectivity index (χ4v) is 4.52. The third-order valence-corrected chi connectivity index (χ3v) is 6.22. The van der Waals surface area contributed by atoms with Gasteiger partial charge in [0.1, 0.15) is 0 Å². The first-order valence-corrected chi connectivity index (χ1v) is 10.6. The monoisotopic (exact) mass is 390 g/mol. The van der Waals surface area contributed by atoms with Crippen molar-refractivity contribution in [3.63, 3.8) is 0 Å². The average Bonchev–Trinajstić information content (AvgIpc) is 3.46. The Labute approximate surface area is 170 Å². The zero-order valence-electron chi connectivity index (χ0n) is 16.6. The van der Waals surface area contributed by atoms with E-state index in [1.807, 2.05) is 23.1 Å². The summed E-state index contributed by atoms with van der Waals surface area (Å²) in [7, 11) is 0. The highest BCUT2D eigenvalue weighted by atomic mass is 16.5. The van der Waals surface area contributed by atoms with Gasteiger partial charge in [-0.1, -0.05) is 48.3 Å². The summed E-state index contributed by atoms with van der Waals surface area (Å²) in [5.41, 5.74) is 0.939. The van der Waals surface area contributed by atoms with Gasteiger partial charge in [-0.2, -0.15) is 4.98 Å². The van der Waals surface area contributed by atoms with Crippen LogP contribution in [-0.2, 0) is 11.3 Å². The number of fused-ring (bicyclic) bond motifs is 1. The van der Waals surface area contributed by atoms with Gasteiger partial charge in [-0.3, -0.25) is 9.69 Å². The van der Waals surface area contributed by atoms with Gasteiger partial charge in [-0.15, -0.1) is 0 Å². The fraction of sp³-hybridized carbons (Fsp3) is 0.435.